The summed E-state index contributed by atoms with van der Waals surface area (Å²) >= 11 is 7.98. The Labute approximate surface area is 417 Å². The van der Waals surface area contributed by atoms with Crippen LogP contribution in [0.25, 0.3) is 10.4 Å². The Morgan fingerprint density at radius 2 is 1.73 bits per heavy atom. The lowest BCUT2D eigenvalue weighted by Gasteiger charge is -2.36. The first-order valence-corrected chi connectivity index (χ1v) is 26.3. The van der Waals surface area contributed by atoms with Crippen LogP contribution < -0.4 is 30.5 Å². The third-order valence-corrected chi connectivity index (χ3v) is 14.9. The number of β-amino-alcohol motifs (C(OH)–C–C–N with tert-alkyl or cyclic N) is 1. The van der Waals surface area contributed by atoms with Crippen LogP contribution in [0.2, 0.25) is 5.02 Å². The van der Waals surface area contributed by atoms with E-state index in [9.17, 15) is 27.9 Å². The summed E-state index contributed by atoms with van der Waals surface area (Å²) in [4.78, 5) is 60.7. The third-order valence-electron chi connectivity index (χ3n) is 12.5. The monoisotopic (exact) mass is 1020 g/mol. The van der Waals surface area contributed by atoms with Gasteiger partial charge in [0.1, 0.15) is 22.9 Å². The quantitative estimate of drug-likeness (QED) is 0.0582. The van der Waals surface area contributed by atoms with Crippen LogP contribution in [0.15, 0.2) is 78.4 Å². The molecule has 3 amide bonds. The van der Waals surface area contributed by atoms with Gasteiger partial charge in [-0.25, -0.2) is 22.8 Å². The van der Waals surface area contributed by atoms with Crippen molar-refractivity contribution in [1.82, 2.24) is 35.4 Å². The smallest absolute Gasteiger partial charge is 0.246 e. The minimum Gasteiger partial charge on any atom is -0.391 e. The molecule has 2 aliphatic heterocycles. The molecule has 5 aromatic rings. The highest BCUT2D eigenvalue weighted by Gasteiger charge is 2.44. The molecule has 70 heavy (non-hydrogen) atoms. The number of unbranched alkanes of at least 4 members (excludes halogenated alkanes) is 1. The number of nitrogens with one attached hydrogen (secondary N) is 4. The van der Waals surface area contributed by atoms with Crippen LogP contribution in [-0.4, -0.2) is 127 Å². The van der Waals surface area contributed by atoms with Gasteiger partial charge in [-0.3, -0.25) is 23.6 Å². The average molecular weight is 1020 g/mol. The first kappa shape index (κ1) is 51.9. The van der Waals surface area contributed by atoms with Crippen LogP contribution >= 0.6 is 22.9 Å². The van der Waals surface area contributed by atoms with Gasteiger partial charge < -0.3 is 36.2 Å². The molecule has 7 rings (SSSR count). The Morgan fingerprint density at radius 1 is 1.00 bits per heavy atom. The molecule has 2 aliphatic rings. The Balaban J connectivity index is 0.849. The van der Waals surface area contributed by atoms with E-state index in [0.29, 0.717) is 55.3 Å². The molecule has 2 aromatic heterocycles. The number of hydrogen-bond acceptors (Lipinski definition) is 14. The second kappa shape index (κ2) is 22.4. The van der Waals surface area contributed by atoms with Gasteiger partial charge in [0, 0.05) is 64.8 Å². The number of aliphatic hydroxyl groups excluding tert-OH is 1. The SMILES string of the molecule is Cc1ncsc1-c1ccc(CNC(=O)[C@H]2C[C@@H](O)CN2C(=O)C(NC(=O)CCCCN2CCN(c3ccc(Nc4ncc(Cl)c(Nc5ccccc5N(C)S(C)(=O)=O)n4)cc3F)CC2)C(C)(C)C)cc1. The van der Waals surface area contributed by atoms with E-state index in [-0.39, 0.29) is 54.5 Å². The lowest BCUT2D eigenvalue weighted by Crippen LogP contribution is -2.57. The van der Waals surface area contributed by atoms with Crippen molar-refractivity contribution >= 4 is 85.2 Å². The zero-order valence-corrected chi connectivity index (χ0v) is 42.6. The van der Waals surface area contributed by atoms with Gasteiger partial charge in [-0.15, -0.1) is 11.3 Å². The molecule has 3 aromatic carbocycles. The second-order valence-electron chi connectivity index (χ2n) is 18.8. The number of piperazine rings is 1. The predicted molar refractivity (Wildman–Crippen MR) is 274 cm³/mol. The van der Waals surface area contributed by atoms with E-state index in [2.05, 4.69) is 41.1 Å². The highest BCUT2D eigenvalue weighted by Crippen LogP contribution is 2.33. The Hall–Kier alpha value is -5.93. The topological polar surface area (TPSA) is 205 Å². The molecule has 0 radical (unpaired) electrons. The number of anilines is 6. The molecule has 2 fully saturated rings. The maximum Gasteiger partial charge on any atom is 0.246 e. The number of benzene rings is 3. The van der Waals surface area contributed by atoms with Crippen molar-refractivity contribution in [3.05, 3.63) is 101 Å². The fraction of sp³-hybridized carbons (Fsp3) is 0.429. The number of nitrogens with zero attached hydrogens (tertiary/aromatic N) is 7. The van der Waals surface area contributed by atoms with E-state index in [1.165, 1.54) is 24.2 Å². The van der Waals surface area contributed by atoms with E-state index in [1.807, 2.05) is 62.4 Å². The molecule has 21 heteroatoms. The molecule has 0 aliphatic carbocycles. The van der Waals surface area contributed by atoms with Crippen molar-refractivity contribution in [2.24, 2.45) is 5.41 Å². The van der Waals surface area contributed by atoms with Crippen LogP contribution in [0.3, 0.4) is 0 Å². The highest BCUT2D eigenvalue weighted by atomic mass is 35.5. The van der Waals surface area contributed by atoms with Gasteiger partial charge in [-0.05, 0) is 73.2 Å². The number of aliphatic hydroxyl groups is 1. The molecule has 5 N–H and O–H groups in total. The largest absolute Gasteiger partial charge is 0.391 e. The highest BCUT2D eigenvalue weighted by molar-refractivity contribution is 7.92. The summed E-state index contributed by atoms with van der Waals surface area (Å²) in [6.07, 6.45) is 3.30. The number of likely N-dealkylation sites (tertiary alicyclic amines) is 1. The molecule has 2 saturated heterocycles. The minimum atomic E-state index is -3.54. The summed E-state index contributed by atoms with van der Waals surface area (Å²) in [5.74, 6) is -1.06. The van der Waals surface area contributed by atoms with Gasteiger partial charge in [0.2, 0.25) is 33.7 Å². The molecule has 4 heterocycles. The van der Waals surface area contributed by atoms with Crippen molar-refractivity contribution in [3.63, 3.8) is 0 Å². The zero-order chi connectivity index (χ0) is 50.3. The van der Waals surface area contributed by atoms with Gasteiger partial charge in [0.15, 0.2) is 5.82 Å². The number of aromatic nitrogens is 3. The van der Waals surface area contributed by atoms with Crippen LogP contribution in [-0.2, 0) is 31.0 Å². The first-order chi connectivity index (χ1) is 33.2. The van der Waals surface area contributed by atoms with Crippen LogP contribution in [0.4, 0.5) is 38.9 Å². The molecule has 0 bridgehead atoms. The maximum atomic E-state index is 15.6. The second-order valence-corrected chi connectivity index (χ2v) is 22.1. The summed E-state index contributed by atoms with van der Waals surface area (Å²) in [5.41, 5.74) is 5.79. The standard InChI is InChI=1S/C49H61ClFN11O6S2/c1-31-43(69-30-54-31)33-16-14-32(15-17-33)27-52-46(65)41-26-35(63)29-62(41)47(66)44(49(2,3)4)57-42(64)13-9-10-20-60-21-23-61(24-22-60)39-19-18-34(25-37(39)51)55-48-53-28-36(50)45(58-48)56-38-11-7-8-12-40(38)59(5)70(6,67)68/h7-8,11-12,14-19,25,28,30,35,41,44,63H,9-10,13,20-24,26-27,29H2,1-6H3,(H,52,65)(H,57,64)(H2,53,55,56,58)/t35-,41-,44?/m1/s1. The Morgan fingerprint density at radius 3 is 2.40 bits per heavy atom. The lowest BCUT2D eigenvalue weighted by molar-refractivity contribution is -0.144. The number of amides is 3. The Kier molecular flexibility index (Phi) is 16.6. The van der Waals surface area contributed by atoms with Gasteiger partial charge in [-0.1, -0.05) is 68.8 Å². The summed E-state index contributed by atoms with van der Waals surface area (Å²) in [5, 5.41) is 22.8. The maximum absolute atomic E-state index is 15.6. The number of hydrogen-bond donors (Lipinski definition) is 5. The normalized spacial score (nSPS) is 17.0. The molecule has 17 nitrogen and oxygen atoms in total. The van der Waals surface area contributed by atoms with Crippen molar-refractivity contribution in [1.29, 1.82) is 0 Å². The van der Waals surface area contributed by atoms with E-state index in [1.54, 1.807) is 47.7 Å². The van der Waals surface area contributed by atoms with Gasteiger partial charge >= 0.3 is 0 Å². The minimum absolute atomic E-state index is 0.00172. The van der Waals surface area contributed by atoms with Crippen molar-refractivity contribution in [2.45, 2.75) is 78.1 Å². The number of thiazole rings is 1. The average Bonchev–Trinajstić information content (AvgIpc) is 3.94. The summed E-state index contributed by atoms with van der Waals surface area (Å²) in [6.45, 7) is 11.2. The number of carbonyl (C=O) groups excluding carboxylic acids is 3. The van der Waals surface area contributed by atoms with E-state index in [4.69, 9.17) is 11.6 Å². The number of sulfonamides is 1. The van der Waals surface area contributed by atoms with Gasteiger partial charge in [0.05, 0.1) is 51.7 Å². The molecule has 3 atom stereocenters. The summed E-state index contributed by atoms with van der Waals surface area (Å²) in [6, 6.07) is 17.7. The van der Waals surface area contributed by atoms with Crippen LogP contribution in [0, 0.1) is 18.2 Å². The number of para-hydroxylation sites is 2. The van der Waals surface area contributed by atoms with E-state index < -0.39 is 45.4 Å². The summed E-state index contributed by atoms with van der Waals surface area (Å²) < 4.78 is 41.2. The Bertz CT molecular complexity index is 2770. The molecule has 0 spiro atoms. The van der Waals surface area contributed by atoms with Gasteiger partial charge in [0.25, 0.3) is 0 Å². The molecular weight excluding hydrogens is 957 g/mol. The fourth-order valence-corrected chi connectivity index (χ4v) is 9.96. The third kappa shape index (κ3) is 13.1. The van der Waals surface area contributed by atoms with Crippen LogP contribution in [0.5, 0.6) is 0 Å². The van der Waals surface area contributed by atoms with Crippen molar-refractivity contribution in [2.75, 3.05) is 72.4 Å². The first-order valence-electron chi connectivity index (χ1n) is 23.2. The van der Waals surface area contributed by atoms with E-state index in [0.717, 1.165) is 45.2 Å². The number of carbonyl (C=O) groups is 3. The molecule has 374 valence electrons. The molecular formula is C49H61ClFN11O6S2. The number of aryl methyl sites for hydroxylation is 1. The lowest BCUT2D eigenvalue weighted by atomic mass is 9.85. The number of rotatable bonds is 18. The van der Waals surface area contributed by atoms with Crippen molar-refractivity contribution in [3.8, 4) is 10.4 Å². The van der Waals surface area contributed by atoms with Crippen molar-refractivity contribution < 1.29 is 32.3 Å². The number of halogens is 2. The zero-order valence-electron chi connectivity index (χ0n) is 40.2. The summed E-state index contributed by atoms with van der Waals surface area (Å²) in [7, 11) is -2.09. The van der Waals surface area contributed by atoms with Crippen LogP contribution in [0.1, 0.15) is 57.7 Å². The molecule has 1 unspecified atom stereocenters. The van der Waals surface area contributed by atoms with E-state index >= 15 is 4.39 Å². The fourth-order valence-electron chi connectivity index (χ4n) is 8.49. The van der Waals surface area contributed by atoms with Gasteiger partial charge in [-0.2, -0.15) is 4.98 Å². The predicted octanol–water partition coefficient (Wildman–Crippen LogP) is 6.69. The molecule has 0 saturated carbocycles.